The summed E-state index contributed by atoms with van der Waals surface area (Å²) in [6.07, 6.45) is 2.53. The summed E-state index contributed by atoms with van der Waals surface area (Å²) < 4.78 is 13.3. The fraction of sp³-hybridized carbons (Fsp3) is 0.389. The van der Waals surface area contributed by atoms with Crippen LogP contribution in [-0.4, -0.2) is 45.4 Å². The molecule has 0 radical (unpaired) electrons. The van der Waals surface area contributed by atoms with Crippen LogP contribution in [-0.2, 0) is 22.7 Å². The SMILES string of the molecule is CN(Cc1ccn[nH]1)C(=O)[C@@H]1CCC(=O)N(Cc2cccc(F)c2)C1. The Kier molecular flexibility index (Phi) is 5.11. The van der Waals surface area contributed by atoms with Crippen LogP contribution in [0.5, 0.6) is 0 Å². The first kappa shape index (κ1) is 17.1. The Morgan fingerprint density at radius 2 is 2.28 bits per heavy atom. The fourth-order valence-electron chi connectivity index (χ4n) is 3.14. The highest BCUT2D eigenvalue weighted by Crippen LogP contribution is 2.22. The smallest absolute Gasteiger partial charge is 0.227 e. The number of likely N-dealkylation sites (tertiary alicyclic amines) is 1. The maximum absolute atomic E-state index is 13.3. The number of nitrogens with zero attached hydrogens (tertiary/aromatic N) is 3. The van der Waals surface area contributed by atoms with Crippen molar-refractivity contribution >= 4 is 11.8 Å². The van der Waals surface area contributed by atoms with Gasteiger partial charge in [-0.2, -0.15) is 5.10 Å². The molecule has 1 atom stereocenters. The molecular weight excluding hydrogens is 323 g/mol. The molecule has 0 unspecified atom stereocenters. The van der Waals surface area contributed by atoms with Crippen molar-refractivity contribution in [2.24, 2.45) is 5.92 Å². The number of H-pyrrole nitrogens is 1. The molecule has 1 aliphatic rings. The van der Waals surface area contributed by atoms with Gasteiger partial charge in [0.1, 0.15) is 5.82 Å². The third-order valence-electron chi connectivity index (χ3n) is 4.45. The molecule has 0 spiro atoms. The van der Waals surface area contributed by atoms with Crippen molar-refractivity contribution in [1.82, 2.24) is 20.0 Å². The summed E-state index contributed by atoms with van der Waals surface area (Å²) in [5.74, 6) is -0.552. The lowest BCUT2D eigenvalue weighted by Gasteiger charge is -2.33. The lowest BCUT2D eigenvalue weighted by molar-refractivity contribution is -0.143. The molecular formula is C18H21FN4O2. The van der Waals surface area contributed by atoms with Gasteiger partial charge in [-0.1, -0.05) is 12.1 Å². The first-order valence-electron chi connectivity index (χ1n) is 8.28. The second-order valence-corrected chi connectivity index (χ2v) is 6.42. The van der Waals surface area contributed by atoms with E-state index in [0.29, 0.717) is 32.5 Å². The zero-order chi connectivity index (χ0) is 17.8. The standard InChI is InChI=1S/C18H21FN4O2/c1-22(12-16-7-8-20-21-16)18(25)14-5-6-17(24)23(11-14)10-13-3-2-4-15(19)9-13/h2-4,7-9,14H,5-6,10-12H2,1H3,(H,20,21)/t14-/m1/s1. The number of carbonyl (C=O) groups is 2. The van der Waals surface area contributed by atoms with Crippen LogP contribution >= 0.6 is 0 Å². The summed E-state index contributed by atoms with van der Waals surface area (Å²) in [7, 11) is 1.75. The molecule has 6 nitrogen and oxygen atoms in total. The van der Waals surface area contributed by atoms with Crippen molar-refractivity contribution in [2.45, 2.75) is 25.9 Å². The number of hydrogen-bond donors (Lipinski definition) is 1. The predicted molar refractivity (Wildman–Crippen MR) is 89.6 cm³/mol. The van der Waals surface area contributed by atoms with Crippen LogP contribution in [0.4, 0.5) is 4.39 Å². The first-order chi connectivity index (χ1) is 12.0. The minimum Gasteiger partial charge on any atom is -0.340 e. The average molecular weight is 344 g/mol. The monoisotopic (exact) mass is 344 g/mol. The average Bonchev–Trinajstić information content (AvgIpc) is 3.09. The molecule has 1 fully saturated rings. The Labute approximate surface area is 145 Å². The number of carbonyl (C=O) groups excluding carboxylic acids is 2. The van der Waals surface area contributed by atoms with Crippen LogP contribution in [0.15, 0.2) is 36.5 Å². The third kappa shape index (κ3) is 4.23. The van der Waals surface area contributed by atoms with Crippen molar-refractivity contribution in [2.75, 3.05) is 13.6 Å². The molecule has 2 aromatic rings. The molecule has 1 aromatic carbocycles. The van der Waals surface area contributed by atoms with Crippen molar-refractivity contribution in [3.63, 3.8) is 0 Å². The molecule has 2 amide bonds. The predicted octanol–water partition coefficient (Wildman–Crippen LogP) is 1.95. The Morgan fingerprint density at radius 1 is 1.44 bits per heavy atom. The molecule has 2 heterocycles. The van der Waals surface area contributed by atoms with Crippen LogP contribution in [0, 0.1) is 11.7 Å². The molecule has 1 aromatic heterocycles. The van der Waals surface area contributed by atoms with Crippen LogP contribution < -0.4 is 0 Å². The van der Waals surface area contributed by atoms with Crippen LogP contribution in [0.1, 0.15) is 24.1 Å². The van der Waals surface area contributed by atoms with Crippen LogP contribution in [0.25, 0.3) is 0 Å². The zero-order valence-electron chi connectivity index (χ0n) is 14.1. The maximum atomic E-state index is 13.3. The molecule has 1 saturated heterocycles. The summed E-state index contributed by atoms with van der Waals surface area (Å²) >= 11 is 0. The quantitative estimate of drug-likeness (QED) is 0.901. The van der Waals surface area contributed by atoms with Crippen molar-refractivity contribution < 1.29 is 14.0 Å². The molecule has 7 heteroatoms. The van der Waals surface area contributed by atoms with Crippen molar-refractivity contribution in [3.05, 3.63) is 53.6 Å². The van der Waals surface area contributed by atoms with Crippen LogP contribution in [0.3, 0.4) is 0 Å². The van der Waals surface area contributed by atoms with E-state index in [2.05, 4.69) is 10.2 Å². The van der Waals surface area contributed by atoms with Crippen LogP contribution in [0.2, 0.25) is 0 Å². The lowest BCUT2D eigenvalue weighted by Crippen LogP contribution is -2.45. The summed E-state index contributed by atoms with van der Waals surface area (Å²) in [5, 5.41) is 6.71. The number of amides is 2. The second kappa shape index (κ2) is 7.46. The summed E-state index contributed by atoms with van der Waals surface area (Å²) in [6, 6.07) is 8.03. The number of hydrogen-bond acceptors (Lipinski definition) is 3. The van der Waals surface area contributed by atoms with Gasteiger partial charge in [0.2, 0.25) is 11.8 Å². The Balaban J connectivity index is 1.63. The van der Waals surface area contributed by atoms with E-state index in [4.69, 9.17) is 0 Å². The highest BCUT2D eigenvalue weighted by atomic mass is 19.1. The van der Waals surface area contributed by atoms with Crippen molar-refractivity contribution in [3.8, 4) is 0 Å². The second-order valence-electron chi connectivity index (χ2n) is 6.42. The zero-order valence-corrected chi connectivity index (χ0v) is 14.1. The van der Waals surface area contributed by atoms with Gasteiger partial charge in [0.25, 0.3) is 0 Å². The van der Waals surface area contributed by atoms with E-state index in [9.17, 15) is 14.0 Å². The largest absolute Gasteiger partial charge is 0.340 e. The summed E-state index contributed by atoms with van der Waals surface area (Å²) in [4.78, 5) is 28.1. The highest BCUT2D eigenvalue weighted by molar-refractivity contribution is 5.83. The van der Waals surface area contributed by atoms with E-state index >= 15 is 0 Å². The molecule has 132 valence electrons. The molecule has 0 bridgehead atoms. The number of rotatable bonds is 5. The van der Waals surface area contributed by atoms with E-state index in [1.165, 1.54) is 12.1 Å². The summed E-state index contributed by atoms with van der Waals surface area (Å²) in [6.45, 7) is 1.14. The number of benzene rings is 1. The normalized spacial score (nSPS) is 17.6. The Hall–Kier alpha value is -2.70. The maximum Gasteiger partial charge on any atom is 0.227 e. The van der Waals surface area contributed by atoms with Gasteiger partial charge in [0, 0.05) is 32.8 Å². The first-order valence-corrected chi connectivity index (χ1v) is 8.28. The summed E-state index contributed by atoms with van der Waals surface area (Å²) in [5.41, 5.74) is 1.59. The van der Waals surface area contributed by atoms with E-state index in [-0.39, 0.29) is 23.5 Å². The van der Waals surface area contributed by atoms with Gasteiger partial charge in [-0.15, -0.1) is 0 Å². The number of piperidine rings is 1. The molecule has 1 aliphatic heterocycles. The fourth-order valence-corrected chi connectivity index (χ4v) is 3.14. The number of aromatic nitrogens is 2. The van der Waals surface area contributed by atoms with E-state index in [0.717, 1.165) is 11.3 Å². The topological polar surface area (TPSA) is 69.3 Å². The minimum absolute atomic E-state index is 0.00420. The van der Waals surface area contributed by atoms with E-state index < -0.39 is 0 Å². The van der Waals surface area contributed by atoms with Gasteiger partial charge in [0.05, 0.1) is 18.2 Å². The Morgan fingerprint density at radius 3 is 3.00 bits per heavy atom. The van der Waals surface area contributed by atoms with E-state index in [1.807, 2.05) is 6.07 Å². The van der Waals surface area contributed by atoms with Gasteiger partial charge in [0.15, 0.2) is 0 Å². The van der Waals surface area contributed by atoms with Gasteiger partial charge in [-0.3, -0.25) is 14.7 Å². The number of halogens is 1. The minimum atomic E-state index is -0.325. The van der Waals surface area contributed by atoms with Gasteiger partial charge in [-0.25, -0.2) is 4.39 Å². The van der Waals surface area contributed by atoms with E-state index in [1.54, 1.807) is 35.2 Å². The van der Waals surface area contributed by atoms with Gasteiger partial charge in [-0.05, 0) is 30.2 Å². The highest BCUT2D eigenvalue weighted by Gasteiger charge is 2.31. The third-order valence-corrected chi connectivity index (χ3v) is 4.45. The van der Waals surface area contributed by atoms with Crippen molar-refractivity contribution in [1.29, 1.82) is 0 Å². The molecule has 0 saturated carbocycles. The molecule has 0 aliphatic carbocycles. The Bertz CT molecular complexity index is 747. The molecule has 25 heavy (non-hydrogen) atoms. The van der Waals surface area contributed by atoms with Gasteiger partial charge < -0.3 is 9.80 Å². The number of nitrogens with one attached hydrogen (secondary N) is 1. The molecule has 1 N–H and O–H groups in total. The lowest BCUT2D eigenvalue weighted by atomic mass is 9.95. The van der Waals surface area contributed by atoms with Gasteiger partial charge >= 0.3 is 0 Å². The molecule has 3 rings (SSSR count). The number of aromatic amines is 1.